The molecule has 0 spiro atoms. The van der Waals surface area contributed by atoms with Crippen molar-refractivity contribution < 1.29 is 8.42 Å². The van der Waals surface area contributed by atoms with E-state index in [1.807, 2.05) is 27.1 Å². The van der Waals surface area contributed by atoms with Gasteiger partial charge in [0.2, 0.25) is 0 Å². The Morgan fingerprint density at radius 2 is 2.00 bits per heavy atom. The third-order valence-corrected chi connectivity index (χ3v) is 6.46. The van der Waals surface area contributed by atoms with Gasteiger partial charge in [-0.2, -0.15) is 0 Å². The molecular formula is C16H24N4O2S2. The SMILES string of the molecule is CCc1ccc(S(=O)(=O)Nc2ccc(NCCCN(C)C)nc2)s1. The van der Waals surface area contributed by atoms with Gasteiger partial charge in [0.1, 0.15) is 10.0 Å². The second-order valence-corrected chi connectivity index (χ2v) is 8.77. The molecule has 2 aromatic rings. The van der Waals surface area contributed by atoms with Crippen LogP contribution in [0.1, 0.15) is 18.2 Å². The summed E-state index contributed by atoms with van der Waals surface area (Å²) in [5.41, 5.74) is 0.459. The summed E-state index contributed by atoms with van der Waals surface area (Å²) >= 11 is 1.29. The van der Waals surface area contributed by atoms with Crippen molar-refractivity contribution in [3.05, 3.63) is 35.3 Å². The summed E-state index contributed by atoms with van der Waals surface area (Å²) in [6, 6.07) is 6.98. The second-order valence-electron chi connectivity index (χ2n) is 5.70. The molecule has 0 radical (unpaired) electrons. The zero-order chi connectivity index (χ0) is 17.6. The van der Waals surface area contributed by atoms with Crippen LogP contribution in [0.3, 0.4) is 0 Å². The molecule has 2 aromatic heterocycles. The first kappa shape index (κ1) is 18.7. The minimum atomic E-state index is -3.54. The minimum Gasteiger partial charge on any atom is -0.370 e. The van der Waals surface area contributed by atoms with Crippen LogP contribution in [0, 0.1) is 0 Å². The van der Waals surface area contributed by atoms with Crippen molar-refractivity contribution in [3.8, 4) is 0 Å². The first-order valence-corrected chi connectivity index (χ1v) is 10.2. The van der Waals surface area contributed by atoms with E-state index in [1.165, 1.54) is 17.5 Å². The smallest absolute Gasteiger partial charge is 0.271 e. The van der Waals surface area contributed by atoms with Crippen LogP contribution in [0.2, 0.25) is 0 Å². The van der Waals surface area contributed by atoms with Crippen molar-refractivity contribution in [2.24, 2.45) is 0 Å². The molecule has 0 aliphatic carbocycles. The average Bonchev–Trinajstić information content (AvgIpc) is 3.03. The predicted octanol–water partition coefficient (Wildman–Crippen LogP) is 2.87. The van der Waals surface area contributed by atoms with Crippen LogP contribution in [0.5, 0.6) is 0 Å². The van der Waals surface area contributed by atoms with Crippen molar-refractivity contribution in [1.29, 1.82) is 0 Å². The van der Waals surface area contributed by atoms with E-state index < -0.39 is 10.0 Å². The molecule has 2 N–H and O–H groups in total. The Hall–Kier alpha value is -1.64. The van der Waals surface area contributed by atoms with Gasteiger partial charge in [0, 0.05) is 11.4 Å². The molecule has 0 atom stereocenters. The van der Waals surface area contributed by atoms with E-state index in [0.29, 0.717) is 9.90 Å². The van der Waals surface area contributed by atoms with Gasteiger partial charge in [-0.15, -0.1) is 11.3 Å². The van der Waals surface area contributed by atoms with Crippen molar-refractivity contribution in [2.45, 2.75) is 24.0 Å². The number of aromatic nitrogens is 1. The highest BCUT2D eigenvalue weighted by atomic mass is 32.2. The molecule has 0 saturated carbocycles. The second kappa shape index (κ2) is 8.46. The van der Waals surface area contributed by atoms with Crippen LogP contribution in [-0.4, -0.2) is 45.5 Å². The summed E-state index contributed by atoms with van der Waals surface area (Å²) in [5.74, 6) is 0.737. The van der Waals surface area contributed by atoms with Gasteiger partial charge < -0.3 is 10.2 Å². The summed E-state index contributed by atoms with van der Waals surface area (Å²) in [4.78, 5) is 7.42. The van der Waals surface area contributed by atoms with E-state index in [4.69, 9.17) is 0 Å². The van der Waals surface area contributed by atoms with Crippen molar-refractivity contribution >= 4 is 32.9 Å². The number of anilines is 2. The normalized spacial score (nSPS) is 11.7. The monoisotopic (exact) mass is 368 g/mol. The number of rotatable bonds is 9. The van der Waals surface area contributed by atoms with Crippen LogP contribution in [0.15, 0.2) is 34.7 Å². The van der Waals surface area contributed by atoms with Crippen LogP contribution in [0.25, 0.3) is 0 Å². The van der Waals surface area contributed by atoms with E-state index in [1.54, 1.807) is 18.2 Å². The Morgan fingerprint density at radius 1 is 1.21 bits per heavy atom. The molecule has 0 aliphatic heterocycles. The number of sulfonamides is 1. The third kappa shape index (κ3) is 5.47. The quantitative estimate of drug-likeness (QED) is 0.666. The van der Waals surface area contributed by atoms with Crippen LogP contribution >= 0.6 is 11.3 Å². The van der Waals surface area contributed by atoms with E-state index in [-0.39, 0.29) is 0 Å². The van der Waals surface area contributed by atoms with Gasteiger partial charge in [-0.1, -0.05) is 6.92 Å². The number of aryl methyl sites for hydroxylation is 1. The van der Waals surface area contributed by atoms with Crippen molar-refractivity contribution in [1.82, 2.24) is 9.88 Å². The molecule has 0 unspecified atom stereocenters. The summed E-state index contributed by atoms with van der Waals surface area (Å²) < 4.78 is 27.6. The maximum atomic E-state index is 12.3. The molecule has 0 fully saturated rings. The summed E-state index contributed by atoms with van der Waals surface area (Å²) in [6.07, 6.45) is 3.37. The standard InChI is InChI=1S/C16H24N4O2S2/c1-4-14-7-9-16(23-14)24(21,22)19-13-6-8-15(18-12-13)17-10-5-11-20(2)3/h6-9,12,19H,4-5,10-11H2,1-3H3,(H,17,18). The summed E-state index contributed by atoms with van der Waals surface area (Å²) in [6.45, 7) is 3.83. The fraction of sp³-hybridized carbons (Fsp3) is 0.438. The lowest BCUT2D eigenvalue weighted by molar-refractivity contribution is 0.405. The number of hydrogen-bond donors (Lipinski definition) is 2. The number of nitrogens with one attached hydrogen (secondary N) is 2. The Morgan fingerprint density at radius 3 is 2.58 bits per heavy atom. The lowest BCUT2D eigenvalue weighted by Gasteiger charge is -2.11. The van der Waals surface area contributed by atoms with Gasteiger partial charge in [-0.3, -0.25) is 4.72 Å². The Bertz CT molecular complexity index is 740. The Kier molecular flexibility index (Phi) is 6.59. The highest BCUT2D eigenvalue weighted by molar-refractivity contribution is 7.94. The number of thiophene rings is 1. The van der Waals surface area contributed by atoms with Gasteiger partial charge in [0.15, 0.2) is 0 Å². The zero-order valence-corrected chi connectivity index (χ0v) is 15.9. The summed E-state index contributed by atoms with van der Waals surface area (Å²) in [5, 5.41) is 3.22. The minimum absolute atomic E-state index is 0.324. The first-order valence-electron chi connectivity index (χ1n) is 7.87. The fourth-order valence-electron chi connectivity index (χ4n) is 2.07. The van der Waals surface area contributed by atoms with E-state index in [2.05, 4.69) is 19.9 Å². The molecule has 2 rings (SSSR count). The van der Waals surface area contributed by atoms with E-state index >= 15 is 0 Å². The highest BCUT2D eigenvalue weighted by Crippen LogP contribution is 2.24. The lowest BCUT2D eigenvalue weighted by Crippen LogP contribution is -2.16. The average molecular weight is 369 g/mol. The van der Waals surface area contributed by atoms with Crippen LogP contribution < -0.4 is 10.0 Å². The molecule has 8 heteroatoms. The molecule has 6 nitrogen and oxygen atoms in total. The van der Waals surface area contributed by atoms with Gasteiger partial charge in [-0.25, -0.2) is 13.4 Å². The Balaban J connectivity index is 1.93. The maximum Gasteiger partial charge on any atom is 0.271 e. The largest absolute Gasteiger partial charge is 0.370 e. The highest BCUT2D eigenvalue weighted by Gasteiger charge is 2.16. The van der Waals surface area contributed by atoms with Crippen LogP contribution in [-0.2, 0) is 16.4 Å². The fourth-order valence-corrected chi connectivity index (χ4v) is 4.41. The number of pyridine rings is 1. The van der Waals surface area contributed by atoms with Gasteiger partial charge in [0.25, 0.3) is 10.0 Å². The molecule has 0 aromatic carbocycles. The van der Waals surface area contributed by atoms with E-state index in [9.17, 15) is 8.42 Å². The molecule has 132 valence electrons. The zero-order valence-electron chi connectivity index (χ0n) is 14.2. The van der Waals surface area contributed by atoms with Gasteiger partial charge in [0.05, 0.1) is 11.9 Å². The molecule has 24 heavy (non-hydrogen) atoms. The predicted molar refractivity (Wildman–Crippen MR) is 100 cm³/mol. The van der Waals surface area contributed by atoms with Crippen molar-refractivity contribution in [3.63, 3.8) is 0 Å². The molecule has 2 heterocycles. The Labute approximate surface area is 148 Å². The lowest BCUT2D eigenvalue weighted by atomic mass is 10.4. The van der Waals surface area contributed by atoms with Crippen LogP contribution in [0.4, 0.5) is 11.5 Å². The summed E-state index contributed by atoms with van der Waals surface area (Å²) in [7, 11) is 0.533. The number of hydrogen-bond acceptors (Lipinski definition) is 6. The maximum absolute atomic E-state index is 12.3. The molecule has 0 aliphatic rings. The first-order chi connectivity index (χ1) is 11.4. The van der Waals surface area contributed by atoms with Gasteiger partial charge >= 0.3 is 0 Å². The molecule has 0 saturated heterocycles. The van der Waals surface area contributed by atoms with Gasteiger partial charge in [-0.05, 0) is 57.7 Å². The number of nitrogens with zero attached hydrogens (tertiary/aromatic N) is 2. The molecule has 0 amide bonds. The topological polar surface area (TPSA) is 74.3 Å². The molecular weight excluding hydrogens is 344 g/mol. The van der Waals surface area contributed by atoms with Crippen molar-refractivity contribution in [2.75, 3.05) is 37.2 Å². The third-order valence-electron chi connectivity index (χ3n) is 3.35. The van der Waals surface area contributed by atoms with E-state index in [0.717, 1.165) is 36.6 Å². The molecule has 0 bridgehead atoms.